The lowest BCUT2D eigenvalue weighted by Gasteiger charge is -2.30. The molecule has 20 heavy (non-hydrogen) atoms. The van der Waals surface area contributed by atoms with Crippen molar-refractivity contribution >= 4 is 11.7 Å². The van der Waals surface area contributed by atoms with E-state index in [1.807, 2.05) is 0 Å². The van der Waals surface area contributed by atoms with E-state index in [9.17, 15) is 18.4 Å². The van der Waals surface area contributed by atoms with Crippen LogP contribution in [-0.4, -0.2) is 36.2 Å². The average Bonchev–Trinajstić information content (AvgIpc) is 2.38. The minimum Gasteiger partial charge on any atom is -0.369 e. The molecule has 0 radical (unpaired) electrons. The smallest absolute Gasteiger partial charge is 0.221 e. The second-order valence-corrected chi connectivity index (χ2v) is 5.00. The monoisotopic (exact) mass is 282 g/mol. The van der Waals surface area contributed by atoms with Gasteiger partial charge < -0.3 is 5.73 Å². The van der Waals surface area contributed by atoms with E-state index in [0.29, 0.717) is 19.5 Å². The van der Waals surface area contributed by atoms with Crippen LogP contribution >= 0.6 is 0 Å². The standard InChI is InChI=1S/C14H16F2N2O2/c15-10-4-1-5-11(16)13(10)12(19)8-18-6-2-3-9(7-18)14(17)20/h1,4-5,9H,2-3,6-8H2,(H2,17,20). The Morgan fingerprint density at radius 1 is 1.30 bits per heavy atom. The summed E-state index contributed by atoms with van der Waals surface area (Å²) in [5.41, 5.74) is 4.73. The van der Waals surface area contributed by atoms with Gasteiger partial charge in [-0.1, -0.05) is 6.07 Å². The molecule has 1 fully saturated rings. The van der Waals surface area contributed by atoms with Crippen LogP contribution in [0.15, 0.2) is 18.2 Å². The first-order valence-electron chi connectivity index (χ1n) is 6.48. The summed E-state index contributed by atoms with van der Waals surface area (Å²) in [6.45, 7) is 0.865. The molecule has 1 amide bonds. The number of hydrogen-bond donors (Lipinski definition) is 1. The minimum atomic E-state index is -0.863. The Labute approximate surface area is 115 Å². The van der Waals surface area contributed by atoms with Gasteiger partial charge in [-0.3, -0.25) is 14.5 Å². The average molecular weight is 282 g/mol. The molecule has 4 nitrogen and oxygen atoms in total. The van der Waals surface area contributed by atoms with Gasteiger partial charge in [-0.05, 0) is 31.5 Å². The number of halogens is 2. The maximum Gasteiger partial charge on any atom is 0.221 e. The molecule has 0 aliphatic carbocycles. The Bertz CT molecular complexity index is 514. The maximum atomic E-state index is 13.5. The van der Waals surface area contributed by atoms with E-state index < -0.39 is 28.9 Å². The summed E-state index contributed by atoms with van der Waals surface area (Å²) in [6.07, 6.45) is 1.43. The number of amides is 1. The molecule has 1 aliphatic heterocycles. The third-order valence-electron chi connectivity index (χ3n) is 3.52. The van der Waals surface area contributed by atoms with E-state index in [-0.39, 0.29) is 12.5 Å². The highest BCUT2D eigenvalue weighted by Crippen LogP contribution is 2.18. The van der Waals surface area contributed by atoms with Crippen LogP contribution in [0.2, 0.25) is 0 Å². The first-order chi connectivity index (χ1) is 9.49. The number of piperidine rings is 1. The van der Waals surface area contributed by atoms with Gasteiger partial charge >= 0.3 is 0 Å². The summed E-state index contributed by atoms with van der Waals surface area (Å²) in [6, 6.07) is 3.32. The Morgan fingerprint density at radius 3 is 2.55 bits per heavy atom. The van der Waals surface area contributed by atoms with Gasteiger partial charge in [-0.25, -0.2) is 8.78 Å². The zero-order valence-corrected chi connectivity index (χ0v) is 10.9. The van der Waals surface area contributed by atoms with Crippen molar-refractivity contribution in [1.29, 1.82) is 0 Å². The molecule has 1 aromatic carbocycles. The van der Waals surface area contributed by atoms with Gasteiger partial charge in [0.1, 0.15) is 11.6 Å². The first-order valence-corrected chi connectivity index (χ1v) is 6.48. The number of hydrogen-bond acceptors (Lipinski definition) is 3. The molecule has 0 saturated carbocycles. The van der Waals surface area contributed by atoms with E-state index in [1.54, 1.807) is 4.90 Å². The van der Waals surface area contributed by atoms with Crippen LogP contribution < -0.4 is 5.73 Å². The number of benzene rings is 1. The number of nitrogens with zero attached hydrogens (tertiary/aromatic N) is 1. The van der Waals surface area contributed by atoms with Crippen LogP contribution in [0, 0.1) is 17.6 Å². The molecule has 1 aromatic rings. The molecule has 108 valence electrons. The van der Waals surface area contributed by atoms with E-state index >= 15 is 0 Å². The number of ketones is 1. The minimum absolute atomic E-state index is 0.109. The number of carbonyl (C=O) groups excluding carboxylic acids is 2. The lowest BCUT2D eigenvalue weighted by atomic mass is 9.97. The third kappa shape index (κ3) is 3.19. The van der Waals surface area contributed by atoms with Crippen LogP contribution in [0.1, 0.15) is 23.2 Å². The van der Waals surface area contributed by atoms with Crippen LogP contribution in [0.5, 0.6) is 0 Å². The Kier molecular flexibility index (Phi) is 4.44. The Balaban J connectivity index is 2.06. The zero-order chi connectivity index (χ0) is 14.7. The molecule has 1 unspecified atom stereocenters. The molecule has 6 heteroatoms. The van der Waals surface area contributed by atoms with E-state index in [2.05, 4.69) is 0 Å². The van der Waals surface area contributed by atoms with Gasteiger partial charge in [0, 0.05) is 6.54 Å². The van der Waals surface area contributed by atoms with Crippen LogP contribution in [-0.2, 0) is 4.79 Å². The Hall–Kier alpha value is -1.82. The predicted octanol–water partition coefficient (Wildman–Crippen LogP) is 1.34. The predicted molar refractivity (Wildman–Crippen MR) is 69.0 cm³/mol. The van der Waals surface area contributed by atoms with Crippen LogP contribution in [0.25, 0.3) is 0 Å². The highest BCUT2D eigenvalue weighted by atomic mass is 19.1. The molecule has 1 aliphatic rings. The number of nitrogens with two attached hydrogens (primary N) is 1. The maximum absolute atomic E-state index is 13.5. The fraction of sp³-hybridized carbons (Fsp3) is 0.429. The van der Waals surface area contributed by atoms with E-state index in [0.717, 1.165) is 18.6 Å². The molecular weight excluding hydrogens is 266 g/mol. The van der Waals surface area contributed by atoms with Crippen LogP contribution in [0.3, 0.4) is 0 Å². The zero-order valence-electron chi connectivity index (χ0n) is 10.9. The summed E-state index contributed by atoms with van der Waals surface area (Å²) in [4.78, 5) is 24.9. The SMILES string of the molecule is NC(=O)C1CCCN(CC(=O)c2c(F)cccc2F)C1. The molecule has 2 N–H and O–H groups in total. The Morgan fingerprint density at radius 2 is 1.95 bits per heavy atom. The lowest BCUT2D eigenvalue weighted by molar-refractivity contribution is -0.123. The molecule has 0 spiro atoms. The summed E-state index contributed by atoms with van der Waals surface area (Å²) in [7, 11) is 0. The summed E-state index contributed by atoms with van der Waals surface area (Å²) in [5, 5.41) is 0. The summed E-state index contributed by atoms with van der Waals surface area (Å²) < 4.78 is 27.0. The summed E-state index contributed by atoms with van der Waals surface area (Å²) >= 11 is 0. The highest BCUT2D eigenvalue weighted by Gasteiger charge is 2.26. The highest BCUT2D eigenvalue weighted by molar-refractivity contribution is 5.98. The van der Waals surface area contributed by atoms with Crippen molar-refractivity contribution < 1.29 is 18.4 Å². The second kappa shape index (κ2) is 6.09. The van der Waals surface area contributed by atoms with Gasteiger partial charge in [-0.2, -0.15) is 0 Å². The van der Waals surface area contributed by atoms with Gasteiger partial charge in [0.05, 0.1) is 18.0 Å². The van der Waals surface area contributed by atoms with E-state index in [1.165, 1.54) is 6.07 Å². The number of carbonyl (C=O) groups is 2. The number of rotatable bonds is 4. The van der Waals surface area contributed by atoms with Crippen molar-refractivity contribution in [2.45, 2.75) is 12.8 Å². The second-order valence-electron chi connectivity index (χ2n) is 5.00. The largest absolute Gasteiger partial charge is 0.369 e. The van der Waals surface area contributed by atoms with Gasteiger partial charge in [0.15, 0.2) is 5.78 Å². The molecule has 2 rings (SSSR count). The lowest BCUT2D eigenvalue weighted by Crippen LogP contribution is -2.43. The molecule has 0 aromatic heterocycles. The molecule has 1 heterocycles. The van der Waals surface area contributed by atoms with Gasteiger partial charge in [-0.15, -0.1) is 0 Å². The molecular formula is C14H16F2N2O2. The molecule has 1 atom stereocenters. The van der Waals surface area contributed by atoms with E-state index in [4.69, 9.17) is 5.73 Å². The first kappa shape index (κ1) is 14.6. The fourth-order valence-corrected chi connectivity index (χ4v) is 2.48. The quantitative estimate of drug-likeness (QED) is 0.848. The van der Waals surface area contributed by atoms with Gasteiger partial charge in [0.2, 0.25) is 5.91 Å². The normalized spacial score (nSPS) is 19.8. The fourth-order valence-electron chi connectivity index (χ4n) is 2.48. The molecule has 0 bridgehead atoms. The third-order valence-corrected chi connectivity index (χ3v) is 3.52. The number of primary amides is 1. The van der Waals surface area contributed by atoms with Crippen molar-refractivity contribution in [2.24, 2.45) is 11.7 Å². The van der Waals surface area contributed by atoms with Crippen molar-refractivity contribution in [3.05, 3.63) is 35.4 Å². The number of Topliss-reactive ketones (excluding diaryl/α,β-unsaturated/α-hetero) is 1. The van der Waals surface area contributed by atoms with Gasteiger partial charge in [0.25, 0.3) is 0 Å². The number of likely N-dealkylation sites (tertiary alicyclic amines) is 1. The topological polar surface area (TPSA) is 63.4 Å². The van der Waals surface area contributed by atoms with Crippen molar-refractivity contribution in [3.8, 4) is 0 Å². The van der Waals surface area contributed by atoms with Crippen molar-refractivity contribution in [1.82, 2.24) is 4.90 Å². The molecule has 1 saturated heterocycles. The summed E-state index contributed by atoms with van der Waals surface area (Å²) in [5.74, 6) is -3.05. The van der Waals surface area contributed by atoms with Crippen LogP contribution in [0.4, 0.5) is 8.78 Å². The van der Waals surface area contributed by atoms with Crippen molar-refractivity contribution in [3.63, 3.8) is 0 Å². The van der Waals surface area contributed by atoms with Crippen molar-refractivity contribution in [2.75, 3.05) is 19.6 Å².